The van der Waals surface area contributed by atoms with E-state index in [0.717, 1.165) is 10.2 Å². The molecular formula is H8In2N2Se4. The van der Waals surface area contributed by atoms with Crippen molar-refractivity contribution >= 4 is 86.9 Å². The molecule has 0 aromatic rings. The first kappa shape index (κ1) is 17.5. The van der Waals surface area contributed by atoms with E-state index in [1.54, 1.807) is 0 Å². The van der Waals surface area contributed by atoms with Crippen LogP contribution < -0.4 is 0 Å². The van der Waals surface area contributed by atoms with Crippen LogP contribution in [-0.4, -0.2) is 86.9 Å². The molecule has 0 aliphatic heterocycles. The van der Waals surface area contributed by atoms with Gasteiger partial charge in [0.2, 0.25) is 0 Å². The van der Waals surface area contributed by atoms with Crippen molar-refractivity contribution in [1.82, 2.24) is 0 Å². The summed E-state index contributed by atoms with van der Waals surface area (Å²) in [6.45, 7) is 0. The average Bonchev–Trinajstić information content (AvgIpc) is 1.73. The molecule has 0 aromatic carbocycles. The van der Waals surface area contributed by atoms with E-state index in [0.29, 0.717) is 3.10 Å². The molecule has 0 fully saturated rings. The molecule has 2 N–H and O–H groups in total. The summed E-state index contributed by atoms with van der Waals surface area (Å²) in [6, 6.07) is 0. The maximum atomic E-state index is 5.00. The minimum absolute atomic E-state index is 0. The second kappa shape index (κ2) is 16.8. The van der Waals surface area contributed by atoms with Gasteiger partial charge < -0.3 is 0 Å². The van der Waals surface area contributed by atoms with E-state index in [1.165, 1.54) is 42.8 Å². The molecule has 0 aromatic heterocycles. The van der Waals surface area contributed by atoms with E-state index in [4.69, 9.17) is 11.1 Å². The Balaban J connectivity index is -0.0000000286. The fraction of sp³-hybridized carbons (Fsp3) is 0. The zero-order valence-corrected chi connectivity index (χ0v) is 19.4. The van der Waals surface area contributed by atoms with Crippen molar-refractivity contribution in [3.63, 3.8) is 0 Å². The Kier molecular flexibility index (Phi) is 36.7. The van der Waals surface area contributed by atoms with Crippen LogP contribution in [0.15, 0.2) is 0 Å². The molecule has 0 bridgehead atoms. The Bertz CT molecular complexity index is 159. The van der Waals surface area contributed by atoms with Gasteiger partial charge in [0.1, 0.15) is 0 Å². The fourth-order valence-electron chi connectivity index (χ4n) is 0. The molecule has 0 amide bonds. The first-order valence-corrected chi connectivity index (χ1v) is 29.4. The second-order valence-electron chi connectivity index (χ2n) is 0.508. The average molecular weight is 582 g/mol. The van der Waals surface area contributed by atoms with Gasteiger partial charge >= 0.3 is 86.9 Å². The number of nitrogens with one attached hydrogen (secondary N) is 2. The zero-order chi connectivity index (χ0) is 6.28. The predicted octanol–water partition coefficient (Wildman–Crippen LogP) is -2.51. The van der Waals surface area contributed by atoms with Gasteiger partial charge in [-0.3, -0.25) is 0 Å². The summed E-state index contributed by atoms with van der Waals surface area (Å²) in [7, 11) is 1.03. The monoisotopic (exact) mass is 586 g/mol. The van der Waals surface area contributed by atoms with E-state index < -0.39 is 0 Å². The van der Waals surface area contributed by atoms with Crippen LogP contribution in [0.25, 0.3) is 0 Å². The summed E-state index contributed by atoms with van der Waals surface area (Å²) < 4.78 is 0.301. The van der Waals surface area contributed by atoms with E-state index in [9.17, 15) is 0 Å². The van der Waals surface area contributed by atoms with Crippen LogP contribution in [0.1, 0.15) is 1.43 Å². The Morgan fingerprint density at radius 2 is 1.62 bits per heavy atom. The first-order chi connectivity index (χ1) is 3.27. The number of rotatable bonds is 0. The fourth-order valence-corrected chi connectivity index (χ4v) is 0. The van der Waals surface area contributed by atoms with Crippen LogP contribution in [0.2, 0.25) is 0 Å². The van der Waals surface area contributed by atoms with Crippen molar-refractivity contribution in [3.05, 3.63) is 0 Å². The molecular weight excluding hydrogens is 573 g/mol. The van der Waals surface area contributed by atoms with Gasteiger partial charge in [0.05, 0.1) is 0 Å². The maximum absolute atomic E-state index is 5.00. The summed E-state index contributed by atoms with van der Waals surface area (Å²) in [4.78, 5) is 0. The molecule has 2 nitrogen and oxygen atoms in total. The van der Waals surface area contributed by atoms with Gasteiger partial charge in [-0.2, -0.15) is 0 Å². The molecule has 8 heavy (non-hydrogen) atoms. The van der Waals surface area contributed by atoms with Crippen LogP contribution in [0.5, 0.6) is 0 Å². The van der Waals surface area contributed by atoms with Crippen LogP contribution in [-0.2, 0) is 0 Å². The van der Waals surface area contributed by atoms with Crippen molar-refractivity contribution in [1.29, 1.82) is 11.1 Å². The molecule has 8 heteroatoms. The molecule has 0 radical (unpaired) electrons. The summed E-state index contributed by atoms with van der Waals surface area (Å²) in [5, 5.41) is 0. The summed E-state index contributed by atoms with van der Waals surface area (Å²) in [5.74, 6) is 0. The molecule has 0 heterocycles. The van der Waals surface area contributed by atoms with Gasteiger partial charge in [0.25, 0.3) is 0 Å². The van der Waals surface area contributed by atoms with Crippen LogP contribution in [0, 0.1) is 11.1 Å². The Morgan fingerprint density at radius 1 is 1.50 bits per heavy atom. The van der Waals surface area contributed by atoms with Gasteiger partial charge in [0, 0.05) is 1.43 Å². The standard InChI is InChI=1S/2In.H2N2.Se3.H2Se.H2.2H/c;;1-2;1-3-2;;;;/h;;1-2H;;1H2;1H;;. The van der Waals surface area contributed by atoms with Crippen LogP contribution in [0.4, 0.5) is 0 Å². The normalized spacial score (nSPS) is 4.25. The van der Waals surface area contributed by atoms with E-state index in [1.807, 2.05) is 0 Å². The summed E-state index contributed by atoms with van der Waals surface area (Å²) in [5.41, 5.74) is 10.0. The summed E-state index contributed by atoms with van der Waals surface area (Å²) >= 11 is 5.90. The quantitative estimate of drug-likeness (QED) is 0.235. The third-order valence-electron chi connectivity index (χ3n) is 0.0962. The minimum atomic E-state index is 0. The van der Waals surface area contributed by atoms with Crippen molar-refractivity contribution in [2.45, 2.75) is 0 Å². The van der Waals surface area contributed by atoms with Gasteiger partial charge in [-0.05, 0) is 0 Å². The van der Waals surface area contributed by atoms with Crippen LogP contribution >= 0.6 is 0 Å². The Morgan fingerprint density at radius 3 is 1.62 bits per heavy atom. The SMILES string of the molecule is N=N.[HH].[SeH2].[Se]=[Se]=[Se](=[InH])=[InH]. The molecule has 0 unspecified atom stereocenters. The van der Waals surface area contributed by atoms with Crippen molar-refractivity contribution in [2.24, 2.45) is 0 Å². The molecule has 0 spiro atoms. The van der Waals surface area contributed by atoms with Gasteiger partial charge in [-0.15, -0.1) is 0 Å². The third-order valence-corrected chi connectivity index (χ3v) is 90.6. The molecule has 0 saturated carbocycles. The van der Waals surface area contributed by atoms with Gasteiger partial charge in [0.15, 0.2) is 0 Å². The molecule has 0 saturated heterocycles. The van der Waals surface area contributed by atoms with Crippen molar-refractivity contribution < 1.29 is 1.43 Å². The third kappa shape index (κ3) is 22.7. The van der Waals surface area contributed by atoms with Crippen molar-refractivity contribution in [2.75, 3.05) is 0 Å². The molecule has 48 valence electrons. The predicted molar refractivity (Wildman–Crippen MR) is 47.7 cm³/mol. The van der Waals surface area contributed by atoms with Crippen molar-refractivity contribution in [3.8, 4) is 0 Å². The zero-order valence-electron chi connectivity index (χ0n) is 4.14. The molecule has 0 aliphatic rings. The number of hydrogen-bond donors (Lipinski definition) is 2. The molecule has 0 atom stereocenters. The van der Waals surface area contributed by atoms with E-state index in [-0.39, 0.29) is 18.5 Å². The molecule has 0 rings (SSSR count). The molecule has 0 aliphatic carbocycles. The second-order valence-corrected chi connectivity index (χ2v) is 100.0. The van der Waals surface area contributed by atoms with E-state index in [2.05, 4.69) is 13.7 Å². The topological polar surface area (TPSA) is 47.7 Å². The summed E-state index contributed by atoms with van der Waals surface area (Å²) in [6.07, 6.45) is 0. The van der Waals surface area contributed by atoms with E-state index >= 15 is 0 Å². The first-order valence-electron chi connectivity index (χ1n) is 1.16. The van der Waals surface area contributed by atoms with Crippen LogP contribution in [0.3, 0.4) is 0 Å². The Hall–Kier alpha value is 3.42. The Labute approximate surface area is 97.0 Å². The van der Waals surface area contributed by atoms with Gasteiger partial charge in [-0.25, -0.2) is 11.1 Å². The van der Waals surface area contributed by atoms with Gasteiger partial charge in [-0.1, -0.05) is 0 Å². The number of hydrogen-bond acceptors (Lipinski definition) is 2.